The molecular weight excluding hydrogens is 1110 g/mol. The number of benzene rings is 8. The Kier molecular flexibility index (Phi) is 21.4. The quantitative estimate of drug-likeness (QED) is 0.0479. The minimum absolute atomic E-state index is 0.0863. The highest BCUT2D eigenvalue weighted by Gasteiger charge is 2.59. The number of rotatable bonds is 26. The van der Waals surface area contributed by atoms with Crippen molar-refractivity contribution in [2.75, 3.05) is 27.4 Å². The molecule has 0 aliphatic carbocycles. The third-order valence-corrected chi connectivity index (χ3v) is 21.4. The van der Waals surface area contributed by atoms with Crippen LogP contribution in [0.25, 0.3) is 0 Å². The van der Waals surface area contributed by atoms with Gasteiger partial charge in [-0.15, -0.1) is 0 Å². The molecule has 12 atom stereocenters. The topological polar surface area (TPSA) is 120 Å². The summed E-state index contributed by atoms with van der Waals surface area (Å²) in [6.45, 7) is 8.16. The molecule has 8 aromatic rings. The Morgan fingerprint density at radius 2 is 0.805 bits per heavy atom. The maximum absolute atomic E-state index is 7.81. The molecule has 3 heterocycles. The summed E-state index contributed by atoms with van der Waals surface area (Å²) in [6, 6.07) is 79.2. The normalized spacial score (nSPS) is 24.9. The molecule has 0 bridgehead atoms. The summed E-state index contributed by atoms with van der Waals surface area (Å²) in [5, 5.41) is 1.89. The summed E-state index contributed by atoms with van der Waals surface area (Å²) >= 11 is 0. The van der Waals surface area contributed by atoms with Crippen LogP contribution < -0.4 is 15.1 Å². The second kappa shape index (κ2) is 30.0. The molecule has 0 N–H and O–H groups in total. The van der Waals surface area contributed by atoms with Crippen molar-refractivity contribution in [3.63, 3.8) is 0 Å². The van der Waals surface area contributed by atoms with Crippen molar-refractivity contribution in [3.8, 4) is 5.75 Å². The number of methoxy groups -OCH3 is 2. The van der Waals surface area contributed by atoms with Gasteiger partial charge in [-0.2, -0.15) is 0 Å². The van der Waals surface area contributed by atoms with Crippen LogP contribution in [0.3, 0.4) is 0 Å². The molecule has 0 aromatic heterocycles. The van der Waals surface area contributed by atoms with Crippen LogP contribution in [0.4, 0.5) is 0 Å². The van der Waals surface area contributed by atoms with Gasteiger partial charge in [0.25, 0.3) is 8.32 Å². The van der Waals surface area contributed by atoms with E-state index >= 15 is 0 Å². The molecule has 0 radical (unpaired) electrons. The van der Waals surface area contributed by atoms with Crippen molar-refractivity contribution < 1.29 is 61.3 Å². The Labute approximate surface area is 513 Å². The SMILES string of the molecule is COc1ccc(C2O[C@H]3[C@H](OCc4ccccc4)[C@H](OCc4ccccc4)[C@H](O[C@H]4[C@H](OCc5ccccc5)[C@H](OCc5ccccc5)[C@@H](OC)O[C@@H]4COCc4ccccc4)O[C@@H]3[C@@H](CO[Si](c3ccccc3)(c3ccccc3)C(C)(C)C)O2)cc1. The van der Waals surface area contributed by atoms with Crippen LogP contribution in [0.1, 0.15) is 60.4 Å². The fraction of sp³-hybridized carbons (Fsp3) is 0.342. The van der Waals surface area contributed by atoms with E-state index in [1.807, 2.05) is 188 Å². The second-order valence-corrected chi connectivity index (χ2v) is 27.6. The molecule has 3 aliphatic rings. The Bertz CT molecular complexity index is 3220. The zero-order valence-corrected chi connectivity index (χ0v) is 51.2. The predicted molar refractivity (Wildman–Crippen MR) is 334 cm³/mol. The molecule has 1 unspecified atom stereocenters. The lowest BCUT2D eigenvalue weighted by Crippen LogP contribution is -2.70. The minimum Gasteiger partial charge on any atom is -0.497 e. The Morgan fingerprint density at radius 3 is 1.25 bits per heavy atom. The van der Waals surface area contributed by atoms with E-state index in [0.29, 0.717) is 12.4 Å². The van der Waals surface area contributed by atoms with Crippen molar-refractivity contribution in [2.45, 2.75) is 133 Å². The average Bonchev–Trinajstić information content (AvgIpc) is 0.931. The van der Waals surface area contributed by atoms with Crippen LogP contribution in [0.2, 0.25) is 5.04 Å². The molecule has 0 saturated carbocycles. The van der Waals surface area contributed by atoms with Crippen molar-refractivity contribution >= 4 is 18.7 Å². The first kappa shape index (κ1) is 61.9. The van der Waals surface area contributed by atoms with Crippen molar-refractivity contribution in [2.24, 2.45) is 0 Å². The molecule has 3 fully saturated rings. The molecule has 8 aromatic carbocycles. The molecule has 11 rings (SSSR count). The van der Waals surface area contributed by atoms with Gasteiger partial charge >= 0.3 is 0 Å². The number of hydrogen-bond acceptors (Lipinski definition) is 13. The van der Waals surface area contributed by atoms with Crippen LogP contribution in [-0.4, -0.2) is 103 Å². The Morgan fingerprint density at radius 1 is 0.379 bits per heavy atom. The molecule has 3 saturated heterocycles. The Hall–Kier alpha value is -6.70. The highest BCUT2D eigenvalue weighted by atomic mass is 28.4. The van der Waals surface area contributed by atoms with Crippen molar-refractivity contribution in [3.05, 3.63) is 270 Å². The van der Waals surface area contributed by atoms with Gasteiger partial charge in [0, 0.05) is 12.7 Å². The summed E-state index contributed by atoms with van der Waals surface area (Å²) < 4.78 is 92.0. The predicted octanol–water partition coefficient (Wildman–Crippen LogP) is 12.1. The van der Waals surface area contributed by atoms with E-state index in [2.05, 4.69) is 69.3 Å². The van der Waals surface area contributed by atoms with Gasteiger partial charge in [0.2, 0.25) is 0 Å². The summed E-state index contributed by atoms with van der Waals surface area (Å²) in [5.74, 6) is 0.699. The highest BCUT2D eigenvalue weighted by Crippen LogP contribution is 2.44. The van der Waals surface area contributed by atoms with E-state index in [9.17, 15) is 0 Å². The second-order valence-electron chi connectivity index (χ2n) is 23.2. The molecule has 454 valence electrons. The molecule has 0 amide bonds. The first-order valence-corrected chi connectivity index (χ1v) is 32.0. The largest absolute Gasteiger partial charge is 0.497 e. The molecule has 3 aliphatic heterocycles. The van der Waals surface area contributed by atoms with E-state index in [1.54, 1.807) is 14.2 Å². The van der Waals surface area contributed by atoms with Crippen LogP contribution in [0.5, 0.6) is 5.75 Å². The van der Waals surface area contributed by atoms with Gasteiger partial charge in [0.1, 0.15) is 60.7 Å². The van der Waals surface area contributed by atoms with E-state index < -0.39 is 82.1 Å². The number of fused-ring (bicyclic) bond motifs is 1. The standard InChI is InChI=1S/C73H80O13Si/c1-73(2,3)87(59-37-23-11-24-38-59,60-39-25-12-26-40-60)81-51-62-64-67(86-70(82-62)57-41-43-58(74-4)44-42-57)66(78-47-54-31-17-8-18-32-54)69(80-49-56-35-21-10-22-36-56)72(85-64)84-63-61(50-76-45-52-27-13-6-14-28-52)83-71(75-5)68(79-48-55-33-19-9-20-34-55)65(63)77-46-53-29-15-7-16-30-53/h6-44,61-72H,45-51H2,1-5H3/t61-,62-,63-,64-,65+,66+,67-,68+,69+,70?,71+,72-/m1/s1. The zero-order chi connectivity index (χ0) is 59.8. The van der Waals surface area contributed by atoms with E-state index in [0.717, 1.165) is 43.8 Å². The summed E-state index contributed by atoms with van der Waals surface area (Å²) in [7, 11) is 0.0750. The molecular formula is C73H80O13Si. The van der Waals surface area contributed by atoms with Gasteiger partial charge in [-0.3, -0.25) is 0 Å². The van der Waals surface area contributed by atoms with E-state index in [4.69, 9.17) is 61.3 Å². The van der Waals surface area contributed by atoms with Gasteiger partial charge in [-0.1, -0.05) is 245 Å². The van der Waals surface area contributed by atoms with Crippen molar-refractivity contribution in [1.29, 1.82) is 0 Å². The third kappa shape index (κ3) is 15.2. The highest BCUT2D eigenvalue weighted by molar-refractivity contribution is 6.99. The lowest BCUT2D eigenvalue weighted by atomic mass is 9.92. The fourth-order valence-electron chi connectivity index (χ4n) is 12.0. The van der Waals surface area contributed by atoms with Gasteiger partial charge in [-0.25, -0.2) is 0 Å². The summed E-state index contributed by atoms with van der Waals surface area (Å²) in [5.41, 5.74) is 5.59. The molecule has 14 heteroatoms. The monoisotopic (exact) mass is 1190 g/mol. The smallest absolute Gasteiger partial charge is 0.261 e. The lowest BCUT2D eigenvalue weighted by molar-refractivity contribution is -0.408. The lowest BCUT2D eigenvalue weighted by Gasteiger charge is -2.53. The van der Waals surface area contributed by atoms with E-state index in [1.165, 1.54) is 0 Å². The average molecular weight is 1190 g/mol. The van der Waals surface area contributed by atoms with Crippen LogP contribution in [0.15, 0.2) is 237 Å². The molecule has 13 nitrogen and oxygen atoms in total. The maximum atomic E-state index is 7.81. The summed E-state index contributed by atoms with van der Waals surface area (Å²) in [6.07, 6.45) is -10.7. The molecule has 87 heavy (non-hydrogen) atoms. The van der Waals surface area contributed by atoms with Gasteiger partial charge in [0.05, 0.1) is 53.4 Å². The molecule has 0 spiro atoms. The number of ether oxygens (including phenoxy) is 12. The van der Waals surface area contributed by atoms with Gasteiger partial charge in [-0.05, 0) is 55.4 Å². The fourth-order valence-corrected chi connectivity index (χ4v) is 16.6. The van der Waals surface area contributed by atoms with Gasteiger partial charge in [0.15, 0.2) is 18.9 Å². The van der Waals surface area contributed by atoms with Crippen molar-refractivity contribution in [1.82, 2.24) is 0 Å². The van der Waals surface area contributed by atoms with E-state index in [-0.39, 0.29) is 44.7 Å². The van der Waals surface area contributed by atoms with Gasteiger partial charge < -0.3 is 61.3 Å². The number of hydrogen-bond donors (Lipinski definition) is 0. The Balaban J connectivity index is 1.04. The van der Waals surface area contributed by atoms with Crippen LogP contribution in [-0.2, 0) is 89.6 Å². The van der Waals surface area contributed by atoms with Crippen LogP contribution in [0, 0.1) is 0 Å². The first-order valence-electron chi connectivity index (χ1n) is 30.1. The van der Waals surface area contributed by atoms with Crippen LogP contribution >= 0.6 is 0 Å². The minimum atomic E-state index is -3.19. The third-order valence-electron chi connectivity index (χ3n) is 16.4. The maximum Gasteiger partial charge on any atom is 0.261 e. The summed E-state index contributed by atoms with van der Waals surface area (Å²) in [4.78, 5) is 0. The zero-order valence-electron chi connectivity index (χ0n) is 50.2. The first-order chi connectivity index (χ1) is 42.7.